The minimum Gasteiger partial charge on any atom is -0.367 e. The SMILES string of the molecule is CCCC12CCC(c3ccc(-c4ccc(C)c(F)c4F)cc3)(CC1)OC2(F)F.CCCC12CCC(c3ccc(-c4ccc(C)c(F)c4F)cc3)(CC1)OC2O. The van der Waals surface area contributed by atoms with Crippen LogP contribution in [-0.4, -0.2) is 17.5 Å². The van der Waals surface area contributed by atoms with Crippen LogP contribution in [0.25, 0.3) is 22.3 Å². The van der Waals surface area contributed by atoms with Crippen LogP contribution in [0.1, 0.15) is 113 Å². The largest absolute Gasteiger partial charge is 0.367 e. The number of alkyl halides is 2. The van der Waals surface area contributed by atoms with Gasteiger partial charge in [0.05, 0.1) is 16.6 Å². The van der Waals surface area contributed by atoms with Gasteiger partial charge in [0, 0.05) is 16.5 Å². The molecule has 4 bridgehead atoms. The third-order valence-corrected chi connectivity index (χ3v) is 13.3. The number of aliphatic hydroxyl groups excluding tert-OH is 1. The van der Waals surface area contributed by atoms with Crippen molar-refractivity contribution in [3.8, 4) is 22.3 Å². The average molecular weight is 765 g/mol. The summed E-state index contributed by atoms with van der Waals surface area (Å²) in [5, 5.41) is 10.6. The van der Waals surface area contributed by atoms with Crippen molar-refractivity contribution in [1.82, 2.24) is 0 Å². The smallest absolute Gasteiger partial charge is 0.362 e. The van der Waals surface area contributed by atoms with Gasteiger partial charge in [-0.25, -0.2) is 17.6 Å². The summed E-state index contributed by atoms with van der Waals surface area (Å²) in [5.41, 5.74) is 1.17. The molecule has 0 spiro atoms. The number of benzene rings is 4. The highest BCUT2D eigenvalue weighted by molar-refractivity contribution is 5.66. The van der Waals surface area contributed by atoms with Crippen LogP contribution in [-0.2, 0) is 20.7 Å². The van der Waals surface area contributed by atoms with E-state index >= 15 is 0 Å². The number of hydrogen-bond acceptors (Lipinski definition) is 3. The highest BCUT2D eigenvalue weighted by Crippen LogP contribution is 2.64. The van der Waals surface area contributed by atoms with Gasteiger partial charge in [0.15, 0.2) is 29.6 Å². The van der Waals surface area contributed by atoms with Gasteiger partial charge in [-0.2, -0.15) is 8.78 Å². The van der Waals surface area contributed by atoms with Gasteiger partial charge in [-0.3, -0.25) is 0 Å². The maximum Gasteiger partial charge on any atom is 0.362 e. The molecule has 0 radical (unpaired) electrons. The van der Waals surface area contributed by atoms with E-state index in [0.29, 0.717) is 60.8 Å². The maximum absolute atomic E-state index is 14.8. The Bertz CT molecular complexity index is 2010. The van der Waals surface area contributed by atoms with E-state index in [1.807, 2.05) is 31.2 Å². The van der Waals surface area contributed by atoms with Gasteiger partial charge in [-0.05, 0) is 111 Å². The Morgan fingerprint density at radius 1 is 0.564 bits per heavy atom. The van der Waals surface area contributed by atoms with Gasteiger partial charge in [0.25, 0.3) is 0 Å². The predicted octanol–water partition coefficient (Wildman–Crippen LogP) is 13.0. The van der Waals surface area contributed by atoms with Crippen molar-refractivity contribution in [2.75, 3.05) is 0 Å². The Labute approximate surface area is 320 Å². The van der Waals surface area contributed by atoms with Crippen molar-refractivity contribution in [3.05, 3.63) is 118 Å². The summed E-state index contributed by atoms with van der Waals surface area (Å²) in [6.07, 6.45) is 4.99. The first-order valence-electron chi connectivity index (χ1n) is 19.7. The Kier molecular flexibility index (Phi) is 10.6. The molecule has 55 heavy (non-hydrogen) atoms. The second-order valence-corrected chi connectivity index (χ2v) is 16.5. The molecular formula is C46H50F6O3. The first kappa shape index (κ1) is 39.6. The fraction of sp³-hybridized carbons (Fsp3) is 0.478. The van der Waals surface area contributed by atoms with Gasteiger partial charge in [-0.1, -0.05) is 99.5 Å². The molecule has 4 heterocycles. The zero-order valence-electron chi connectivity index (χ0n) is 32.0. The van der Waals surface area contributed by atoms with Crippen molar-refractivity contribution in [3.63, 3.8) is 0 Å². The number of aliphatic hydroxyl groups is 1. The normalized spacial score (nSPS) is 29.2. The van der Waals surface area contributed by atoms with Crippen molar-refractivity contribution in [1.29, 1.82) is 0 Å². The predicted molar refractivity (Wildman–Crippen MR) is 201 cm³/mol. The van der Waals surface area contributed by atoms with Crippen LogP contribution in [0.5, 0.6) is 0 Å². The molecule has 10 rings (SSSR count). The molecule has 1 unspecified atom stereocenters. The molecule has 9 heteroatoms. The van der Waals surface area contributed by atoms with Gasteiger partial charge in [0.2, 0.25) is 0 Å². The molecule has 294 valence electrons. The Hall–Kier alpha value is -3.66. The molecule has 6 aliphatic rings. The van der Waals surface area contributed by atoms with Crippen LogP contribution >= 0.6 is 0 Å². The Morgan fingerprint density at radius 2 is 1.00 bits per heavy atom. The molecule has 3 nitrogen and oxygen atoms in total. The number of aryl methyl sites for hydroxylation is 2. The summed E-state index contributed by atoms with van der Waals surface area (Å²) < 4.78 is 97.6. The molecule has 1 atom stereocenters. The highest BCUT2D eigenvalue weighted by Gasteiger charge is 2.66. The van der Waals surface area contributed by atoms with E-state index < -0.39 is 52.3 Å². The standard InChI is InChI=1S/C23H24F4O.C23H26F2O2/c1-3-10-21-11-13-22(14-12-21,28-23(21,26)27)17-7-5-16(6-8-17)18-9-4-15(2)19(24)20(18)25;1-3-10-22-11-13-23(14-12-22,27-21(22)26)17-7-5-16(6-8-17)18-9-4-15(2)19(24)20(18)25/h4-9H,3,10-14H2,1-2H3;4-9,21,26H,3,10-14H2,1-2H3. The number of ether oxygens (including phenoxy) is 2. The average Bonchev–Trinajstić information content (AvgIpc) is 3.18. The molecule has 4 aliphatic heterocycles. The van der Waals surface area contributed by atoms with E-state index in [1.165, 1.54) is 19.1 Å². The van der Waals surface area contributed by atoms with Crippen molar-refractivity contribution >= 4 is 0 Å². The number of hydrogen-bond donors (Lipinski definition) is 1. The number of rotatable bonds is 8. The highest BCUT2D eigenvalue weighted by atomic mass is 19.3. The van der Waals surface area contributed by atoms with E-state index in [2.05, 4.69) is 6.92 Å². The lowest BCUT2D eigenvalue weighted by molar-refractivity contribution is -0.411. The minimum absolute atomic E-state index is 0.0982. The molecule has 4 saturated heterocycles. The van der Waals surface area contributed by atoms with Crippen LogP contribution in [0.15, 0.2) is 72.8 Å². The quantitative estimate of drug-likeness (QED) is 0.182. The van der Waals surface area contributed by atoms with Crippen molar-refractivity contribution in [2.45, 2.75) is 128 Å². The first-order valence-corrected chi connectivity index (χ1v) is 19.7. The van der Waals surface area contributed by atoms with Crippen molar-refractivity contribution in [2.24, 2.45) is 10.8 Å². The van der Waals surface area contributed by atoms with E-state index in [0.717, 1.165) is 44.1 Å². The minimum atomic E-state index is -3.15. The van der Waals surface area contributed by atoms with Gasteiger partial charge in [-0.15, -0.1) is 0 Å². The lowest BCUT2D eigenvalue weighted by Crippen LogP contribution is -2.59. The molecule has 4 aromatic rings. The second kappa shape index (κ2) is 14.7. The number of halogens is 6. The fourth-order valence-electron chi connectivity index (χ4n) is 9.83. The molecule has 0 aromatic heterocycles. The summed E-state index contributed by atoms with van der Waals surface area (Å²) in [7, 11) is 0. The monoisotopic (exact) mass is 764 g/mol. The molecular weight excluding hydrogens is 714 g/mol. The van der Waals surface area contributed by atoms with E-state index in [4.69, 9.17) is 9.47 Å². The number of fused-ring (bicyclic) bond motifs is 6. The maximum atomic E-state index is 14.8. The van der Waals surface area contributed by atoms with Crippen LogP contribution in [0, 0.1) is 47.9 Å². The lowest BCUT2D eigenvalue weighted by atomic mass is 9.61. The molecule has 2 aliphatic carbocycles. The molecule has 1 N–H and O–H groups in total. The summed E-state index contributed by atoms with van der Waals surface area (Å²) >= 11 is 0. The van der Waals surface area contributed by atoms with E-state index in [1.54, 1.807) is 43.3 Å². The summed E-state index contributed by atoms with van der Waals surface area (Å²) in [4.78, 5) is 0. The zero-order valence-corrected chi connectivity index (χ0v) is 32.0. The van der Waals surface area contributed by atoms with Crippen molar-refractivity contribution < 1.29 is 40.9 Å². The van der Waals surface area contributed by atoms with Crippen LogP contribution in [0.4, 0.5) is 26.3 Å². The van der Waals surface area contributed by atoms with Gasteiger partial charge >= 0.3 is 6.11 Å². The third kappa shape index (κ3) is 6.72. The first-order chi connectivity index (χ1) is 26.1. The Balaban J connectivity index is 0.000000169. The van der Waals surface area contributed by atoms with E-state index in [-0.39, 0.29) is 22.1 Å². The van der Waals surface area contributed by atoms with Gasteiger partial charge < -0.3 is 14.6 Å². The molecule has 2 saturated carbocycles. The topological polar surface area (TPSA) is 38.7 Å². The molecule has 0 amide bonds. The van der Waals surface area contributed by atoms with Crippen LogP contribution in [0.3, 0.4) is 0 Å². The van der Waals surface area contributed by atoms with Crippen LogP contribution in [0.2, 0.25) is 0 Å². The summed E-state index contributed by atoms with van der Waals surface area (Å²) in [5.74, 6) is -3.37. The zero-order chi connectivity index (χ0) is 39.4. The Morgan fingerprint density at radius 3 is 1.42 bits per heavy atom. The van der Waals surface area contributed by atoms with Crippen LogP contribution < -0.4 is 0 Å². The summed E-state index contributed by atoms with van der Waals surface area (Å²) in [6.45, 7) is 7.13. The fourth-order valence-corrected chi connectivity index (χ4v) is 9.83. The summed E-state index contributed by atoms with van der Waals surface area (Å²) in [6, 6.07) is 20.5. The second-order valence-electron chi connectivity index (χ2n) is 16.5. The molecule has 6 fully saturated rings. The van der Waals surface area contributed by atoms with Gasteiger partial charge in [0.1, 0.15) is 0 Å². The third-order valence-electron chi connectivity index (χ3n) is 13.3. The lowest BCUT2D eigenvalue weighted by Gasteiger charge is -2.57. The molecule has 4 aromatic carbocycles. The van der Waals surface area contributed by atoms with E-state index in [9.17, 15) is 31.4 Å².